The maximum Gasteiger partial charge on any atom is 0.225 e. The highest BCUT2D eigenvalue weighted by atomic mass is 32.1. The number of ether oxygens (including phenoxy) is 2. The highest BCUT2D eigenvalue weighted by Crippen LogP contribution is 2.52. The molecule has 0 aliphatic carbocycles. The summed E-state index contributed by atoms with van der Waals surface area (Å²) >= 11 is 1.29. The lowest BCUT2D eigenvalue weighted by molar-refractivity contribution is -0.116. The lowest BCUT2D eigenvalue weighted by Gasteiger charge is -2.25. The van der Waals surface area contributed by atoms with Crippen LogP contribution in [-0.4, -0.2) is 34.7 Å². The van der Waals surface area contributed by atoms with Gasteiger partial charge in [-0.15, -0.1) is 0 Å². The zero-order valence-corrected chi connectivity index (χ0v) is 16.0. The van der Waals surface area contributed by atoms with Crippen LogP contribution in [0.5, 0.6) is 23.0 Å². The van der Waals surface area contributed by atoms with Crippen LogP contribution in [0.2, 0.25) is 0 Å². The van der Waals surface area contributed by atoms with E-state index < -0.39 is 17.4 Å². The van der Waals surface area contributed by atoms with E-state index in [2.05, 4.69) is 9.69 Å². The van der Waals surface area contributed by atoms with Crippen molar-refractivity contribution in [2.24, 2.45) is 0 Å². The molecule has 1 unspecified atom stereocenters. The molecule has 8 heteroatoms. The number of phenols is 2. The zero-order chi connectivity index (χ0) is 19.8. The van der Waals surface area contributed by atoms with Crippen molar-refractivity contribution in [1.82, 2.24) is 4.37 Å². The molecular weight excluding hydrogens is 380 g/mol. The number of rotatable bonds is 4. The summed E-state index contributed by atoms with van der Waals surface area (Å²) in [6.07, 6.45) is 0.160. The van der Waals surface area contributed by atoms with Crippen LogP contribution in [0.1, 0.15) is 22.8 Å². The highest BCUT2D eigenvalue weighted by Gasteiger charge is 2.35. The summed E-state index contributed by atoms with van der Waals surface area (Å²) in [5.41, 5.74) is 2.81. The molecule has 1 amide bonds. The van der Waals surface area contributed by atoms with Crippen molar-refractivity contribution >= 4 is 23.1 Å². The summed E-state index contributed by atoms with van der Waals surface area (Å²) in [4.78, 5) is 13.3. The molecule has 0 fully saturated rings. The van der Waals surface area contributed by atoms with E-state index in [0.717, 1.165) is 10.4 Å². The Hall–Kier alpha value is -3.26. The SMILES string of the molecule is COc1cc(C2CC(=O)Nc3c(-c4ccccc4)nsc32)c(OC)c(O)c1O. The van der Waals surface area contributed by atoms with E-state index in [1.807, 2.05) is 30.3 Å². The Kier molecular flexibility index (Phi) is 4.56. The van der Waals surface area contributed by atoms with Gasteiger partial charge in [-0.2, -0.15) is 4.37 Å². The molecule has 3 N–H and O–H groups in total. The first-order chi connectivity index (χ1) is 13.5. The maximum atomic E-state index is 12.5. The van der Waals surface area contributed by atoms with Crippen molar-refractivity contribution in [3.05, 3.63) is 46.8 Å². The summed E-state index contributed by atoms with van der Waals surface area (Å²) in [6, 6.07) is 11.2. The summed E-state index contributed by atoms with van der Waals surface area (Å²) in [5.74, 6) is -1.17. The quantitative estimate of drug-likeness (QED) is 0.579. The van der Waals surface area contributed by atoms with Gasteiger partial charge in [-0.1, -0.05) is 30.3 Å². The van der Waals surface area contributed by atoms with Gasteiger partial charge in [0.15, 0.2) is 11.5 Å². The van der Waals surface area contributed by atoms with E-state index in [4.69, 9.17) is 9.47 Å². The number of hydrogen-bond acceptors (Lipinski definition) is 7. The minimum absolute atomic E-state index is 0.105. The predicted octanol–water partition coefficient (Wildman–Crippen LogP) is 3.71. The number of carbonyl (C=O) groups is 1. The van der Waals surface area contributed by atoms with Gasteiger partial charge in [0.2, 0.25) is 17.4 Å². The van der Waals surface area contributed by atoms with E-state index in [1.165, 1.54) is 25.8 Å². The zero-order valence-electron chi connectivity index (χ0n) is 15.2. The van der Waals surface area contributed by atoms with Gasteiger partial charge in [0.25, 0.3) is 0 Å². The minimum atomic E-state index is -0.419. The van der Waals surface area contributed by atoms with Crippen molar-refractivity contribution in [3.63, 3.8) is 0 Å². The molecule has 3 aromatic rings. The van der Waals surface area contributed by atoms with Crippen LogP contribution >= 0.6 is 11.5 Å². The Labute approximate surface area is 165 Å². The van der Waals surface area contributed by atoms with Crippen molar-refractivity contribution in [2.45, 2.75) is 12.3 Å². The Bertz CT molecular complexity index is 1050. The van der Waals surface area contributed by atoms with Gasteiger partial charge in [0.05, 0.1) is 24.8 Å². The molecule has 1 aliphatic heterocycles. The molecule has 28 heavy (non-hydrogen) atoms. The van der Waals surface area contributed by atoms with E-state index in [1.54, 1.807) is 6.07 Å². The van der Waals surface area contributed by atoms with Gasteiger partial charge in [-0.3, -0.25) is 4.79 Å². The Morgan fingerprint density at radius 1 is 1.14 bits per heavy atom. The number of phenolic OH excluding ortho intramolecular Hbond substituents is 2. The molecule has 7 nitrogen and oxygen atoms in total. The average Bonchev–Trinajstić information content (AvgIpc) is 3.13. The van der Waals surface area contributed by atoms with Crippen LogP contribution in [0.3, 0.4) is 0 Å². The van der Waals surface area contributed by atoms with Gasteiger partial charge in [0.1, 0.15) is 5.69 Å². The molecule has 1 aliphatic rings. The second-order valence-electron chi connectivity index (χ2n) is 6.34. The lowest BCUT2D eigenvalue weighted by Crippen LogP contribution is -2.22. The summed E-state index contributed by atoms with van der Waals surface area (Å²) in [6.45, 7) is 0. The Balaban J connectivity index is 1.90. The number of aromatic nitrogens is 1. The number of aromatic hydroxyl groups is 2. The average molecular weight is 398 g/mol. The number of methoxy groups -OCH3 is 2. The van der Waals surface area contributed by atoms with Gasteiger partial charge in [0, 0.05) is 23.5 Å². The van der Waals surface area contributed by atoms with Crippen molar-refractivity contribution in [3.8, 4) is 34.3 Å². The standard InChI is InChI=1S/C20H18N2O5S/c1-26-13-8-11(19(27-2)18(25)17(13)24)12-9-14(23)21-16-15(22-28-20(12)16)10-6-4-3-5-7-10/h3-8,12,24-25H,9H2,1-2H3,(H,21,23). The molecule has 1 atom stereocenters. The van der Waals surface area contributed by atoms with Crippen LogP contribution in [0.25, 0.3) is 11.3 Å². The maximum absolute atomic E-state index is 12.5. The van der Waals surface area contributed by atoms with Crippen LogP contribution in [0, 0.1) is 0 Å². The molecule has 4 rings (SSSR count). The molecule has 144 valence electrons. The molecule has 0 radical (unpaired) electrons. The topological polar surface area (TPSA) is 101 Å². The van der Waals surface area contributed by atoms with Gasteiger partial charge >= 0.3 is 0 Å². The Morgan fingerprint density at radius 2 is 1.89 bits per heavy atom. The van der Waals surface area contributed by atoms with Crippen molar-refractivity contribution < 1.29 is 24.5 Å². The lowest BCUT2D eigenvalue weighted by atomic mass is 9.88. The van der Waals surface area contributed by atoms with Crippen LogP contribution < -0.4 is 14.8 Å². The van der Waals surface area contributed by atoms with Crippen molar-refractivity contribution in [1.29, 1.82) is 0 Å². The van der Waals surface area contributed by atoms with Crippen LogP contribution in [0.4, 0.5) is 5.69 Å². The first-order valence-corrected chi connectivity index (χ1v) is 9.34. The fourth-order valence-corrected chi connectivity index (χ4v) is 4.40. The number of hydrogen-bond donors (Lipinski definition) is 3. The number of fused-ring (bicyclic) bond motifs is 1. The third-order valence-electron chi connectivity index (χ3n) is 4.76. The smallest absolute Gasteiger partial charge is 0.225 e. The highest BCUT2D eigenvalue weighted by molar-refractivity contribution is 7.07. The van der Waals surface area contributed by atoms with E-state index in [-0.39, 0.29) is 23.8 Å². The molecule has 0 spiro atoms. The number of benzene rings is 2. The van der Waals surface area contributed by atoms with Crippen LogP contribution in [-0.2, 0) is 4.79 Å². The summed E-state index contributed by atoms with van der Waals surface area (Å²) in [5, 5.41) is 23.4. The summed E-state index contributed by atoms with van der Waals surface area (Å²) in [7, 11) is 2.79. The number of carbonyl (C=O) groups excluding carboxylic acids is 1. The van der Waals surface area contributed by atoms with Gasteiger partial charge < -0.3 is 25.0 Å². The number of amides is 1. The largest absolute Gasteiger partial charge is 0.502 e. The summed E-state index contributed by atoms with van der Waals surface area (Å²) < 4.78 is 15.1. The molecule has 0 saturated heterocycles. The van der Waals surface area contributed by atoms with E-state index in [0.29, 0.717) is 16.9 Å². The molecule has 2 aromatic carbocycles. The van der Waals surface area contributed by atoms with Crippen molar-refractivity contribution in [2.75, 3.05) is 19.5 Å². The number of nitrogens with one attached hydrogen (secondary N) is 1. The first kappa shape index (κ1) is 18.1. The van der Waals surface area contributed by atoms with Gasteiger partial charge in [-0.05, 0) is 17.6 Å². The molecular formula is C20H18N2O5S. The molecule has 0 saturated carbocycles. The van der Waals surface area contributed by atoms with Gasteiger partial charge in [-0.25, -0.2) is 0 Å². The molecule has 2 heterocycles. The van der Waals surface area contributed by atoms with E-state index >= 15 is 0 Å². The minimum Gasteiger partial charge on any atom is -0.502 e. The third-order valence-corrected chi connectivity index (χ3v) is 5.72. The Morgan fingerprint density at radius 3 is 2.57 bits per heavy atom. The number of nitrogens with zero attached hydrogens (tertiary/aromatic N) is 1. The first-order valence-electron chi connectivity index (χ1n) is 8.56. The molecule has 1 aromatic heterocycles. The second kappa shape index (κ2) is 7.05. The van der Waals surface area contributed by atoms with E-state index in [9.17, 15) is 15.0 Å². The normalized spacial score (nSPS) is 15.6. The monoisotopic (exact) mass is 398 g/mol. The fourth-order valence-electron chi connectivity index (χ4n) is 3.44. The fraction of sp³-hybridized carbons (Fsp3) is 0.200. The third kappa shape index (κ3) is 2.82. The molecule has 0 bridgehead atoms. The predicted molar refractivity (Wildman–Crippen MR) is 106 cm³/mol. The van der Waals surface area contributed by atoms with Crippen LogP contribution in [0.15, 0.2) is 36.4 Å². The second-order valence-corrected chi connectivity index (χ2v) is 7.14. The number of anilines is 1.